The molecule has 0 atom stereocenters. The van der Waals surface area contributed by atoms with E-state index in [0.29, 0.717) is 25.3 Å². The molecule has 0 radical (unpaired) electrons. The Kier molecular flexibility index (Phi) is 6.44. The van der Waals surface area contributed by atoms with Gasteiger partial charge < -0.3 is 9.84 Å². The number of carbonyl (C=O) groups is 1. The minimum atomic E-state index is -1.06. The van der Waals surface area contributed by atoms with Crippen molar-refractivity contribution in [2.45, 2.75) is 0 Å². The summed E-state index contributed by atoms with van der Waals surface area (Å²) < 4.78 is 6.38. The molecule has 122 valence electrons. The number of ether oxygens (including phenoxy) is 1. The molecule has 0 saturated carbocycles. The third kappa shape index (κ3) is 4.84. The SMILES string of the molecule is N#C/C(=C\c1cc(Br)c(OCC(=O)O)c(Br)c1)c1ccc(Cl)cc1. The summed E-state index contributed by atoms with van der Waals surface area (Å²) in [5.74, 6) is -0.674. The van der Waals surface area contributed by atoms with Crippen LogP contribution in [0.1, 0.15) is 11.1 Å². The maximum Gasteiger partial charge on any atom is 0.341 e. The van der Waals surface area contributed by atoms with Crippen molar-refractivity contribution in [1.82, 2.24) is 0 Å². The number of carboxylic acid groups (broad SMARTS) is 1. The molecule has 4 nitrogen and oxygen atoms in total. The van der Waals surface area contributed by atoms with Crippen LogP contribution >= 0.6 is 43.5 Å². The van der Waals surface area contributed by atoms with Crippen molar-refractivity contribution in [2.75, 3.05) is 6.61 Å². The molecule has 0 unspecified atom stereocenters. The van der Waals surface area contributed by atoms with Crippen LogP contribution in [0.3, 0.4) is 0 Å². The van der Waals surface area contributed by atoms with Crippen LogP contribution in [0.2, 0.25) is 5.02 Å². The minimum absolute atomic E-state index is 0.388. The van der Waals surface area contributed by atoms with Crippen LogP contribution < -0.4 is 4.74 Å². The summed E-state index contributed by atoms with van der Waals surface area (Å²) in [5.41, 5.74) is 1.98. The molecule has 0 spiro atoms. The van der Waals surface area contributed by atoms with Gasteiger partial charge in [0.1, 0.15) is 5.75 Å². The Morgan fingerprint density at radius 1 is 1.25 bits per heavy atom. The maximum absolute atomic E-state index is 10.6. The van der Waals surface area contributed by atoms with Gasteiger partial charge in [0.2, 0.25) is 0 Å². The van der Waals surface area contributed by atoms with Gasteiger partial charge >= 0.3 is 5.97 Å². The number of benzene rings is 2. The lowest BCUT2D eigenvalue weighted by Gasteiger charge is -2.10. The van der Waals surface area contributed by atoms with E-state index in [9.17, 15) is 10.1 Å². The number of aliphatic carboxylic acids is 1. The number of hydrogen-bond donors (Lipinski definition) is 1. The average Bonchev–Trinajstić information content (AvgIpc) is 2.52. The summed E-state index contributed by atoms with van der Waals surface area (Å²) in [7, 11) is 0. The predicted molar refractivity (Wildman–Crippen MR) is 99.9 cm³/mol. The zero-order valence-corrected chi connectivity index (χ0v) is 16.0. The third-order valence-corrected chi connectivity index (χ3v) is 4.38. The van der Waals surface area contributed by atoms with Crippen molar-refractivity contribution in [1.29, 1.82) is 5.26 Å². The topological polar surface area (TPSA) is 70.3 Å². The van der Waals surface area contributed by atoms with E-state index in [1.807, 2.05) is 0 Å². The summed E-state index contributed by atoms with van der Waals surface area (Å²) in [6.45, 7) is -0.444. The predicted octanol–water partition coefficient (Wildman–Crippen LogP) is 5.39. The van der Waals surface area contributed by atoms with Crippen LogP contribution in [0.5, 0.6) is 5.75 Å². The van der Waals surface area contributed by atoms with Crippen molar-refractivity contribution >= 4 is 61.1 Å². The Labute approximate surface area is 160 Å². The molecule has 0 aliphatic rings. The molecular weight excluding hydrogens is 461 g/mol. The van der Waals surface area contributed by atoms with Crippen LogP contribution in [0, 0.1) is 11.3 Å². The van der Waals surface area contributed by atoms with E-state index in [4.69, 9.17) is 21.4 Å². The van der Waals surface area contributed by atoms with E-state index in [1.54, 1.807) is 42.5 Å². The second-order valence-corrected chi connectivity index (χ2v) is 6.82. The van der Waals surface area contributed by atoms with Crippen molar-refractivity contribution < 1.29 is 14.6 Å². The zero-order valence-electron chi connectivity index (χ0n) is 12.1. The fraction of sp³-hybridized carbons (Fsp3) is 0.0588. The monoisotopic (exact) mass is 469 g/mol. The van der Waals surface area contributed by atoms with Crippen LogP contribution in [-0.2, 0) is 4.79 Å². The maximum atomic E-state index is 10.6. The highest BCUT2D eigenvalue weighted by Crippen LogP contribution is 2.35. The Balaban J connectivity index is 2.36. The molecule has 2 aromatic rings. The number of hydrogen-bond acceptors (Lipinski definition) is 3. The Bertz CT molecular complexity index is 819. The molecule has 7 heteroatoms. The van der Waals surface area contributed by atoms with Gasteiger partial charge in [-0.15, -0.1) is 0 Å². The fourth-order valence-corrected chi connectivity index (χ4v) is 3.49. The van der Waals surface area contributed by atoms with Gasteiger partial charge in [-0.3, -0.25) is 0 Å². The summed E-state index contributed by atoms with van der Waals surface area (Å²) >= 11 is 12.6. The van der Waals surface area contributed by atoms with Gasteiger partial charge in [0.15, 0.2) is 6.61 Å². The normalized spacial score (nSPS) is 11.0. The Morgan fingerprint density at radius 2 is 1.83 bits per heavy atom. The van der Waals surface area contributed by atoms with E-state index in [1.165, 1.54) is 0 Å². The summed E-state index contributed by atoms with van der Waals surface area (Å²) in [6.07, 6.45) is 1.72. The van der Waals surface area contributed by atoms with Crippen molar-refractivity contribution in [3.8, 4) is 11.8 Å². The molecule has 0 aliphatic carbocycles. The van der Waals surface area contributed by atoms with Crippen molar-refractivity contribution in [2.24, 2.45) is 0 Å². The standard InChI is InChI=1S/C17H10Br2ClNO3/c18-14-6-10(7-15(19)17(14)24-9-16(22)23)5-12(8-21)11-1-3-13(20)4-2-11/h1-7H,9H2,(H,22,23)/b12-5+. The number of carboxylic acids is 1. The minimum Gasteiger partial charge on any atom is -0.480 e. The zero-order chi connectivity index (χ0) is 17.7. The highest BCUT2D eigenvalue weighted by atomic mass is 79.9. The molecule has 0 aromatic heterocycles. The van der Waals surface area contributed by atoms with Crippen LogP contribution in [0.4, 0.5) is 0 Å². The van der Waals surface area contributed by atoms with Crippen molar-refractivity contribution in [3.05, 3.63) is 61.5 Å². The number of rotatable bonds is 5. The van der Waals surface area contributed by atoms with Crippen molar-refractivity contribution in [3.63, 3.8) is 0 Å². The number of nitrogens with zero attached hydrogens (tertiary/aromatic N) is 1. The lowest BCUT2D eigenvalue weighted by Crippen LogP contribution is -2.10. The van der Waals surface area contributed by atoms with E-state index in [-0.39, 0.29) is 0 Å². The van der Waals surface area contributed by atoms with Crippen LogP contribution in [0.15, 0.2) is 45.3 Å². The van der Waals surface area contributed by atoms with E-state index < -0.39 is 12.6 Å². The Morgan fingerprint density at radius 3 is 2.33 bits per heavy atom. The summed E-state index contributed by atoms with van der Waals surface area (Å²) in [4.78, 5) is 10.6. The van der Waals surface area contributed by atoms with E-state index in [2.05, 4.69) is 37.9 Å². The lowest BCUT2D eigenvalue weighted by atomic mass is 10.0. The molecule has 0 heterocycles. The van der Waals surface area contributed by atoms with Crippen LogP contribution in [-0.4, -0.2) is 17.7 Å². The Hall–Kier alpha value is -1.81. The third-order valence-electron chi connectivity index (χ3n) is 2.95. The molecule has 0 aliphatic heterocycles. The van der Waals surface area contributed by atoms with E-state index in [0.717, 1.165) is 11.1 Å². The number of nitriles is 1. The molecule has 0 fully saturated rings. The van der Waals surface area contributed by atoms with Gasteiger partial charge in [-0.1, -0.05) is 23.7 Å². The van der Waals surface area contributed by atoms with Gasteiger partial charge in [0, 0.05) is 5.02 Å². The molecule has 0 saturated heterocycles. The first-order valence-corrected chi connectivity index (χ1v) is 8.58. The van der Waals surface area contributed by atoms with Gasteiger partial charge in [0.05, 0.1) is 20.6 Å². The quantitative estimate of drug-likeness (QED) is 0.469. The molecule has 2 rings (SSSR count). The smallest absolute Gasteiger partial charge is 0.341 e. The largest absolute Gasteiger partial charge is 0.480 e. The highest BCUT2D eigenvalue weighted by molar-refractivity contribution is 9.11. The lowest BCUT2D eigenvalue weighted by molar-refractivity contribution is -0.139. The first-order valence-electron chi connectivity index (χ1n) is 6.62. The van der Waals surface area contributed by atoms with Gasteiger partial charge in [-0.2, -0.15) is 5.26 Å². The number of allylic oxidation sites excluding steroid dienone is 1. The summed E-state index contributed by atoms with van der Waals surface area (Å²) in [6, 6.07) is 12.6. The fourth-order valence-electron chi connectivity index (χ4n) is 1.91. The highest BCUT2D eigenvalue weighted by Gasteiger charge is 2.11. The molecule has 1 N–H and O–H groups in total. The first-order chi connectivity index (χ1) is 11.4. The molecule has 24 heavy (non-hydrogen) atoms. The summed E-state index contributed by atoms with van der Waals surface area (Å²) in [5, 5.41) is 18.7. The van der Waals surface area contributed by atoms with Crippen LogP contribution in [0.25, 0.3) is 11.6 Å². The molecule has 2 aromatic carbocycles. The second-order valence-electron chi connectivity index (χ2n) is 4.67. The molecule has 0 amide bonds. The first kappa shape index (κ1) is 18.5. The average molecular weight is 472 g/mol. The molecular formula is C17H10Br2ClNO3. The van der Waals surface area contributed by atoms with Gasteiger partial charge in [-0.25, -0.2) is 4.79 Å². The second kappa shape index (κ2) is 8.34. The van der Waals surface area contributed by atoms with Gasteiger partial charge in [-0.05, 0) is 73.3 Å². The molecule has 0 bridgehead atoms. The van der Waals surface area contributed by atoms with Gasteiger partial charge in [0.25, 0.3) is 0 Å². The number of halogens is 3. The van der Waals surface area contributed by atoms with E-state index >= 15 is 0 Å².